The highest BCUT2D eigenvalue weighted by Crippen LogP contribution is 2.39. The number of hydrogen-bond acceptors (Lipinski definition) is 40. The largest absolute Gasteiger partial charge is 0.389 e. The Morgan fingerprint density at radius 2 is 0.592 bits per heavy atom. The molecule has 8 aliphatic rings. The van der Waals surface area contributed by atoms with Crippen LogP contribution in [0.5, 0.6) is 0 Å². The SMILES string of the molecule is NC[C@H]1O[C@@H](O[C@H]2[C@H](O[C@@H]3O[C@H](Cn4cc(-c5ccc(-c6cn(C[C@H]7O[C@@H](O[C@@H]8[C@@H](O)[C@H](N)C[C@H](N)[C@H]8O[C@@H]8O[C@H](CN)[C@@H](O)[C@H](O)[C@H]8N)[C@H](O)[C@@H]7O[C@@H]7O[C@H](CN)[C@@H](O)[C@H](O)[C@H]7N)nn6)cc5)nn4)[C@@H](O[C@@H]4O[C@H](CN)[C@@H](O)[C@H](O)[C@H]4N)[C@H]3O)[C@@H](O)[C@H](N)C[C@@H]2N)[C@H](N)[C@@H](O)[C@@H]1O. The Morgan fingerprint density at radius 1 is 0.327 bits per heavy atom. The lowest BCUT2D eigenvalue weighted by Gasteiger charge is -2.47. The fourth-order valence-electron chi connectivity index (χ4n) is 13.7. The summed E-state index contributed by atoms with van der Waals surface area (Å²) in [4.78, 5) is 0. The number of ether oxygens (including phenoxy) is 12. The predicted molar refractivity (Wildman–Crippen MR) is 327 cm³/mol. The summed E-state index contributed by atoms with van der Waals surface area (Å²) in [5, 5.41) is 150. The molecule has 42 heteroatoms. The Balaban J connectivity index is 0.796. The molecule has 98 heavy (non-hydrogen) atoms. The monoisotopic (exact) mass is 1400 g/mol. The van der Waals surface area contributed by atoms with Gasteiger partial charge < -0.3 is 187 Å². The van der Waals surface area contributed by atoms with Crippen LogP contribution in [0.1, 0.15) is 12.8 Å². The topological polar surface area (TPSA) is 727 Å². The summed E-state index contributed by atoms with van der Waals surface area (Å²) in [5.74, 6) is 0. The van der Waals surface area contributed by atoms with Crippen LogP contribution in [-0.2, 0) is 69.9 Å². The lowest BCUT2D eigenvalue weighted by atomic mass is 9.84. The summed E-state index contributed by atoms with van der Waals surface area (Å²) in [5.41, 5.74) is 76.0. The van der Waals surface area contributed by atoms with Crippen molar-refractivity contribution in [2.45, 2.75) is 259 Å². The molecule has 0 spiro atoms. The zero-order valence-corrected chi connectivity index (χ0v) is 52.9. The standard InChI is InChI=1S/C56H96N18O24/c57-7-23-35(77)39(81)29(65)51(87-23)93-45-19(63)5-17(61)33(75)49(45)97-55-43(85)47(95-53-31(67)41(83)37(79)25(9-59)89-53)27(91-55)13-73-11-21(69-71-73)15-1-2-16(4-3-15)22-12-74(72-70-22)14-28-48(96-54-32(68)42(84)38(80)26(10-60)90-54)44(86)56(92-28)98-50-34(76)18(62)6-20(64)46(50)94-52-30(66)40(82)36(78)24(8-58)88-52/h1-4,11-12,17-20,23-56,75-86H,5-10,13-14,57-68H2/t17-,18-,19+,20+,23-,24-,25-,26-,27-,28-,29-,30-,31-,32-,33+,34+,35-,36-,37-,38-,39-,40-,41-,42-,43-,44-,45-,46-,47-,48-,49-,50-,51+,52+,53+,54+,55+,56+/m1/s1. The average Bonchev–Trinajstić information content (AvgIpc) is 1.42. The van der Waals surface area contributed by atoms with Crippen LogP contribution in [0.15, 0.2) is 36.7 Å². The summed E-state index contributed by atoms with van der Waals surface area (Å²) in [7, 11) is 0. The van der Waals surface area contributed by atoms with Crippen LogP contribution in [-0.4, -0.2) is 350 Å². The van der Waals surface area contributed by atoms with Crippen molar-refractivity contribution in [3.8, 4) is 22.5 Å². The third-order valence-corrected chi connectivity index (χ3v) is 19.7. The second kappa shape index (κ2) is 31.6. The lowest BCUT2D eigenvalue weighted by molar-refractivity contribution is -0.306. The van der Waals surface area contributed by atoms with Gasteiger partial charge in [0.05, 0.1) is 61.9 Å². The number of hydrogen-bond donors (Lipinski definition) is 24. The van der Waals surface area contributed by atoms with Gasteiger partial charge >= 0.3 is 0 Å². The molecular formula is C56H96N18O24. The Kier molecular flexibility index (Phi) is 24.2. The summed E-state index contributed by atoms with van der Waals surface area (Å²) in [6.07, 6.45) is -39.8. The van der Waals surface area contributed by atoms with Crippen LogP contribution in [0.3, 0.4) is 0 Å². The molecule has 42 nitrogen and oxygen atoms in total. The van der Waals surface area contributed by atoms with Gasteiger partial charge in [-0.1, -0.05) is 34.7 Å². The maximum absolute atomic E-state index is 12.1. The normalized spacial score (nSPS) is 48.0. The molecule has 8 heterocycles. The minimum absolute atomic E-state index is 0.00897. The van der Waals surface area contributed by atoms with E-state index in [4.69, 9.17) is 126 Å². The van der Waals surface area contributed by atoms with Crippen LogP contribution in [0.25, 0.3) is 22.5 Å². The van der Waals surface area contributed by atoms with Crippen LogP contribution in [0.4, 0.5) is 0 Å². The first kappa shape index (κ1) is 75.2. The fourth-order valence-corrected chi connectivity index (χ4v) is 13.7. The van der Waals surface area contributed by atoms with Crippen molar-refractivity contribution in [1.82, 2.24) is 30.0 Å². The van der Waals surface area contributed by atoms with Crippen molar-refractivity contribution in [1.29, 1.82) is 0 Å². The molecule has 2 aromatic heterocycles. The molecule has 36 N–H and O–H groups in total. The molecular weight excluding hydrogens is 1310 g/mol. The molecule has 38 atom stereocenters. The number of rotatable bonds is 22. The van der Waals surface area contributed by atoms with Crippen molar-refractivity contribution >= 4 is 0 Å². The third kappa shape index (κ3) is 15.2. The molecule has 0 unspecified atom stereocenters. The van der Waals surface area contributed by atoms with E-state index in [1.165, 1.54) is 9.36 Å². The highest BCUT2D eigenvalue weighted by Gasteiger charge is 2.58. The molecule has 0 bridgehead atoms. The maximum Gasteiger partial charge on any atom is 0.187 e. The highest BCUT2D eigenvalue weighted by molar-refractivity contribution is 5.65. The van der Waals surface area contributed by atoms with Crippen LogP contribution in [0.2, 0.25) is 0 Å². The third-order valence-electron chi connectivity index (χ3n) is 19.7. The van der Waals surface area contributed by atoms with Crippen molar-refractivity contribution in [3.05, 3.63) is 36.7 Å². The molecule has 1 aromatic carbocycles. The summed E-state index contributed by atoms with van der Waals surface area (Å²) in [6, 6.07) is -2.37. The minimum Gasteiger partial charge on any atom is -0.389 e. The first-order chi connectivity index (χ1) is 46.6. The van der Waals surface area contributed by atoms with E-state index < -0.39 is 233 Å². The Labute approximate surface area is 559 Å². The van der Waals surface area contributed by atoms with Crippen molar-refractivity contribution in [3.63, 3.8) is 0 Å². The van der Waals surface area contributed by atoms with Gasteiger partial charge in [-0.15, -0.1) is 10.2 Å². The number of aromatic nitrogens is 6. The molecule has 6 aliphatic heterocycles. The van der Waals surface area contributed by atoms with Gasteiger partial charge in [0.2, 0.25) is 0 Å². The smallest absolute Gasteiger partial charge is 0.187 e. The first-order valence-corrected chi connectivity index (χ1v) is 32.4. The second-order valence-corrected chi connectivity index (χ2v) is 26.4. The second-order valence-electron chi connectivity index (χ2n) is 26.4. The van der Waals surface area contributed by atoms with Crippen LogP contribution < -0.4 is 68.8 Å². The number of aliphatic hydroxyl groups is 12. The highest BCUT2D eigenvalue weighted by atomic mass is 16.8. The molecule has 0 radical (unpaired) electrons. The van der Waals surface area contributed by atoms with E-state index in [0.29, 0.717) is 22.5 Å². The molecule has 11 rings (SSSR count). The molecule has 3 aromatic rings. The number of benzene rings is 1. The maximum atomic E-state index is 12.1. The van der Waals surface area contributed by atoms with E-state index in [1.54, 1.807) is 36.7 Å². The van der Waals surface area contributed by atoms with Gasteiger partial charge in [-0.2, -0.15) is 0 Å². The van der Waals surface area contributed by atoms with E-state index in [-0.39, 0.29) is 52.1 Å². The van der Waals surface area contributed by atoms with E-state index in [1.807, 2.05) is 0 Å². The Morgan fingerprint density at radius 3 is 0.878 bits per heavy atom. The van der Waals surface area contributed by atoms with E-state index in [0.717, 1.165) is 0 Å². The summed E-state index contributed by atoms with van der Waals surface area (Å²) < 4.78 is 76.5. The number of nitrogens with two attached hydrogens (primary N) is 12. The number of aliphatic hydroxyl groups excluding tert-OH is 12. The fraction of sp³-hybridized carbons (Fsp3) is 0.821. The minimum atomic E-state index is -1.73. The Hall–Kier alpha value is -3.94. The molecule has 2 saturated carbocycles. The van der Waals surface area contributed by atoms with E-state index in [9.17, 15) is 61.3 Å². The van der Waals surface area contributed by atoms with Crippen molar-refractivity contribution in [2.75, 3.05) is 26.2 Å². The van der Waals surface area contributed by atoms with Gasteiger partial charge in [0.1, 0.15) is 146 Å². The summed E-state index contributed by atoms with van der Waals surface area (Å²) >= 11 is 0. The molecule has 2 aliphatic carbocycles. The number of nitrogens with zero attached hydrogens (tertiary/aromatic N) is 6. The van der Waals surface area contributed by atoms with Gasteiger partial charge in [0.15, 0.2) is 37.7 Å². The molecule has 554 valence electrons. The van der Waals surface area contributed by atoms with Gasteiger partial charge in [-0.3, -0.25) is 0 Å². The van der Waals surface area contributed by atoms with Crippen molar-refractivity contribution < 1.29 is 118 Å². The van der Waals surface area contributed by atoms with Crippen LogP contribution in [0, 0.1) is 0 Å². The Bertz CT molecular complexity index is 2820. The summed E-state index contributed by atoms with van der Waals surface area (Å²) in [6.45, 7) is -1.36. The first-order valence-electron chi connectivity index (χ1n) is 32.4. The average molecular weight is 1410 g/mol. The van der Waals surface area contributed by atoms with E-state index >= 15 is 0 Å². The van der Waals surface area contributed by atoms with Gasteiger partial charge in [0, 0.05) is 61.5 Å². The quantitative estimate of drug-likeness (QED) is 0.0444. The molecule has 8 fully saturated rings. The van der Waals surface area contributed by atoms with Crippen LogP contribution >= 0.6 is 0 Å². The zero-order chi connectivity index (χ0) is 70.6. The van der Waals surface area contributed by atoms with Gasteiger partial charge in [-0.05, 0) is 12.8 Å². The zero-order valence-electron chi connectivity index (χ0n) is 52.9. The lowest BCUT2D eigenvalue weighted by Crippen LogP contribution is -2.68. The van der Waals surface area contributed by atoms with Gasteiger partial charge in [0.25, 0.3) is 0 Å². The van der Waals surface area contributed by atoms with Crippen molar-refractivity contribution in [2.24, 2.45) is 68.8 Å². The van der Waals surface area contributed by atoms with E-state index in [2.05, 4.69) is 20.6 Å². The van der Waals surface area contributed by atoms with Gasteiger partial charge in [-0.25, -0.2) is 9.36 Å². The molecule has 6 saturated heterocycles. The predicted octanol–water partition coefficient (Wildman–Crippen LogP) is -15.5. The molecule has 0 amide bonds.